The Bertz CT molecular complexity index is 281. The van der Waals surface area contributed by atoms with Crippen LogP contribution in [0, 0.1) is 0 Å². The van der Waals surface area contributed by atoms with E-state index in [2.05, 4.69) is 5.32 Å². The zero-order valence-corrected chi connectivity index (χ0v) is 10.9. The Morgan fingerprint density at radius 1 is 1.65 bits per heavy atom. The molecule has 5 heteroatoms. The second-order valence-electron chi connectivity index (χ2n) is 4.59. The molecule has 1 N–H and O–H groups in total. The summed E-state index contributed by atoms with van der Waals surface area (Å²) in [6.45, 7) is 4.91. The van der Waals surface area contributed by atoms with E-state index in [0.29, 0.717) is 26.0 Å². The third-order valence-electron chi connectivity index (χ3n) is 2.93. The Labute approximate surface area is 102 Å². The summed E-state index contributed by atoms with van der Waals surface area (Å²) >= 11 is 0. The maximum atomic E-state index is 11.3. The number of amides is 1. The lowest BCUT2D eigenvalue weighted by molar-refractivity contribution is -0.143. The smallest absolute Gasteiger partial charge is 0.307 e. The molecule has 1 rings (SSSR count). The van der Waals surface area contributed by atoms with Gasteiger partial charge in [0.2, 0.25) is 5.91 Å². The van der Waals surface area contributed by atoms with Crippen molar-refractivity contribution >= 4 is 11.9 Å². The lowest BCUT2D eigenvalue weighted by Crippen LogP contribution is -2.49. The molecule has 0 bridgehead atoms. The first-order chi connectivity index (χ1) is 8.02. The molecule has 1 heterocycles. The predicted molar refractivity (Wildman–Crippen MR) is 64.5 cm³/mol. The number of hydrogen-bond donors (Lipinski definition) is 1. The topological polar surface area (TPSA) is 58.6 Å². The quantitative estimate of drug-likeness (QED) is 0.715. The van der Waals surface area contributed by atoms with Gasteiger partial charge in [0.1, 0.15) is 0 Å². The van der Waals surface area contributed by atoms with E-state index in [4.69, 9.17) is 4.74 Å². The highest BCUT2D eigenvalue weighted by Crippen LogP contribution is 2.10. The van der Waals surface area contributed by atoms with Crippen molar-refractivity contribution in [3.63, 3.8) is 0 Å². The minimum Gasteiger partial charge on any atom is -0.466 e. The van der Waals surface area contributed by atoms with Crippen LogP contribution in [-0.4, -0.2) is 49.1 Å². The molecule has 0 aromatic rings. The van der Waals surface area contributed by atoms with Crippen LogP contribution in [0.3, 0.4) is 0 Å². The van der Waals surface area contributed by atoms with Crippen LogP contribution in [0.1, 0.15) is 33.1 Å². The fourth-order valence-corrected chi connectivity index (χ4v) is 2.08. The Hall–Kier alpha value is -1.10. The van der Waals surface area contributed by atoms with Crippen LogP contribution < -0.4 is 5.32 Å². The molecule has 0 aromatic heterocycles. The number of esters is 1. The Kier molecular flexibility index (Phi) is 5.41. The van der Waals surface area contributed by atoms with E-state index in [1.165, 1.54) is 0 Å². The number of piperidine rings is 1. The van der Waals surface area contributed by atoms with Gasteiger partial charge in [-0.2, -0.15) is 0 Å². The van der Waals surface area contributed by atoms with Crippen molar-refractivity contribution < 1.29 is 14.3 Å². The van der Waals surface area contributed by atoms with Crippen molar-refractivity contribution in [3.05, 3.63) is 0 Å². The van der Waals surface area contributed by atoms with Crippen molar-refractivity contribution in [2.75, 3.05) is 20.2 Å². The lowest BCUT2D eigenvalue weighted by atomic mass is 10.0. The maximum absolute atomic E-state index is 11.3. The fourth-order valence-electron chi connectivity index (χ4n) is 2.08. The number of carbonyl (C=O) groups excluding carboxylic acids is 2. The summed E-state index contributed by atoms with van der Waals surface area (Å²) in [5.74, 6) is 0.0221. The molecule has 1 fully saturated rings. The SMILES string of the molecule is CCOC(=O)CC(C)NC1CCC(=O)N(C)C1. The summed E-state index contributed by atoms with van der Waals surface area (Å²) in [5.41, 5.74) is 0. The lowest BCUT2D eigenvalue weighted by Gasteiger charge is -2.32. The minimum absolute atomic E-state index is 0.0839. The van der Waals surface area contributed by atoms with E-state index < -0.39 is 0 Å². The van der Waals surface area contributed by atoms with Gasteiger partial charge >= 0.3 is 5.97 Å². The second kappa shape index (κ2) is 6.59. The van der Waals surface area contributed by atoms with Gasteiger partial charge in [-0.05, 0) is 20.3 Å². The van der Waals surface area contributed by atoms with Gasteiger partial charge in [0, 0.05) is 32.1 Å². The molecule has 0 aromatic carbocycles. The molecule has 1 saturated heterocycles. The summed E-state index contributed by atoms with van der Waals surface area (Å²) in [7, 11) is 1.81. The highest BCUT2D eigenvalue weighted by atomic mass is 16.5. The molecular formula is C12H22N2O3. The summed E-state index contributed by atoms with van der Waals surface area (Å²) in [6, 6.07) is 0.364. The van der Waals surface area contributed by atoms with E-state index in [-0.39, 0.29) is 24.0 Å². The molecule has 1 aliphatic heterocycles. The highest BCUT2D eigenvalue weighted by molar-refractivity contribution is 5.76. The number of likely N-dealkylation sites (tertiary alicyclic amines) is 1. The Morgan fingerprint density at radius 2 is 2.35 bits per heavy atom. The first-order valence-corrected chi connectivity index (χ1v) is 6.18. The monoisotopic (exact) mass is 242 g/mol. The second-order valence-corrected chi connectivity index (χ2v) is 4.59. The van der Waals surface area contributed by atoms with Crippen molar-refractivity contribution in [3.8, 4) is 0 Å². The van der Waals surface area contributed by atoms with Crippen LogP contribution in [0.2, 0.25) is 0 Å². The van der Waals surface area contributed by atoms with Crippen LogP contribution in [0.5, 0.6) is 0 Å². The van der Waals surface area contributed by atoms with Gasteiger partial charge in [-0.25, -0.2) is 0 Å². The molecule has 2 unspecified atom stereocenters. The first kappa shape index (κ1) is 14.0. The van der Waals surface area contributed by atoms with Gasteiger partial charge < -0.3 is 15.0 Å². The van der Waals surface area contributed by atoms with Crippen molar-refractivity contribution in [2.24, 2.45) is 0 Å². The van der Waals surface area contributed by atoms with Crippen molar-refractivity contribution in [1.29, 1.82) is 0 Å². The molecule has 5 nitrogen and oxygen atoms in total. The van der Waals surface area contributed by atoms with E-state index in [9.17, 15) is 9.59 Å². The van der Waals surface area contributed by atoms with Crippen molar-refractivity contribution in [1.82, 2.24) is 10.2 Å². The fraction of sp³-hybridized carbons (Fsp3) is 0.833. The third kappa shape index (κ3) is 4.73. The first-order valence-electron chi connectivity index (χ1n) is 6.18. The number of likely N-dealkylation sites (N-methyl/N-ethyl adjacent to an activating group) is 1. The molecule has 2 atom stereocenters. The summed E-state index contributed by atoms with van der Waals surface area (Å²) in [6.07, 6.45) is 1.80. The number of rotatable bonds is 5. The van der Waals surface area contributed by atoms with Gasteiger partial charge in [-0.3, -0.25) is 9.59 Å². The van der Waals surface area contributed by atoms with Gasteiger partial charge in [-0.1, -0.05) is 0 Å². The summed E-state index contributed by atoms with van der Waals surface area (Å²) in [5, 5.41) is 3.36. The Morgan fingerprint density at radius 3 is 2.94 bits per heavy atom. The summed E-state index contributed by atoms with van der Waals surface area (Å²) < 4.78 is 4.90. The van der Waals surface area contributed by atoms with Gasteiger partial charge in [0.15, 0.2) is 0 Å². The van der Waals surface area contributed by atoms with Crippen LogP contribution >= 0.6 is 0 Å². The average molecular weight is 242 g/mol. The molecule has 17 heavy (non-hydrogen) atoms. The number of ether oxygens (including phenoxy) is 1. The van der Waals surface area contributed by atoms with Crippen LogP contribution in [0.15, 0.2) is 0 Å². The normalized spacial score (nSPS) is 22.4. The molecule has 0 spiro atoms. The minimum atomic E-state index is -0.173. The van der Waals surface area contributed by atoms with E-state index in [0.717, 1.165) is 6.42 Å². The largest absolute Gasteiger partial charge is 0.466 e. The standard InChI is InChI=1S/C12H22N2O3/c1-4-17-12(16)7-9(2)13-10-5-6-11(15)14(3)8-10/h9-10,13H,4-8H2,1-3H3. The molecule has 0 aliphatic carbocycles. The maximum Gasteiger partial charge on any atom is 0.307 e. The van der Waals surface area contributed by atoms with Crippen molar-refractivity contribution in [2.45, 2.75) is 45.2 Å². The zero-order valence-electron chi connectivity index (χ0n) is 10.9. The predicted octanol–water partition coefficient (Wildman–Crippen LogP) is 0.539. The van der Waals surface area contributed by atoms with Crippen LogP contribution in [0.25, 0.3) is 0 Å². The van der Waals surface area contributed by atoms with E-state index >= 15 is 0 Å². The van der Waals surface area contributed by atoms with E-state index in [1.807, 2.05) is 14.0 Å². The molecular weight excluding hydrogens is 220 g/mol. The average Bonchev–Trinajstić information content (AvgIpc) is 2.23. The molecule has 0 saturated carbocycles. The van der Waals surface area contributed by atoms with Crippen LogP contribution in [0.4, 0.5) is 0 Å². The number of nitrogens with zero attached hydrogens (tertiary/aromatic N) is 1. The summed E-state index contributed by atoms with van der Waals surface area (Å²) in [4.78, 5) is 24.3. The third-order valence-corrected chi connectivity index (χ3v) is 2.93. The van der Waals surface area contributed by atoms with Gasteiger partial charge in [-0.15, -0.1) is 0 Å². The molecule has 1 aliphatic rings. The van der Waals surface area contributed by atoms with Crippen LogP contribution in [-0.2, 0) is 14.3 Å². The molecule has 1 amide bonds. The van der Waals surface area contributed by atoms with E-state index in [1.54, 1.807) is 11.8 Å². The van der Waals surface area contributed by atoms with Gasteiger partial charge in [0.05, 0.1) is 13.0 Å². The molecule has 98 valence electrons. The number of nitrogens with one attached hydrogen (secondary N) is 1. The number of hydrogen-bond acceptors (Lipinski definition) is 4. The zero-order chi connectivity index (χ0) is 12.8. The van der Waals surface area contributed by atoms with Gasteiger partial charge in [0.25, 0.3) is 0 Å². The Balaban J connectivity index is 2.29. The number of carbonyl (C=O) groups is 2. The molecule has 0 radical (unpaired) electrons. The highest BCUT2D eigenvalue weighted by Gasteiger charge is 2.24.